The van der Waals surface area contributed by atoms with Crippen LogP contribution in [0.1, 0.15) is 142 Å². The summed E-state index contributed by atoms with van der Waals surface area (Å²) in [6, 6.07) is 26.9. The number of hydrogen-bond donors (Lipinski definition) is 0. The highest BCUT2D eigenvalue weighted by Gasteiger charge is 2.24. The van der Waals surface area contributed by atoms with Crippen LogP contribution in [0.3, 0.4) is 0 Å². The Balaban J connectivity index is 1.57. The van der Waals surface area contributed by atoms with E-state index in [4.69, 9.17) is 28.4 Å². The van der Waals surface area contributed by atoms with Crippen LogP contribution in [0, 0.1) is 41.5 Å². The molecule has 0 aliphatic heterocycles. The highest BCUT2D eigenvalue weighted by molar-refractivity contribution is 5.60. The lowest BCUT2D eigenvalue weighted by molar-refractivity contribution is 0.457. The predicted octanol–water partition coefficient (Wildman–Crippen LogP) is 16.9. The molecule has 0 aromatic heterocycles. The van der Waals surface area contributed by atoms with Crippen LogP contribution in [-0.2, 0) is 38.5 Å². The second-order valence-corrected chi connectivity index (χ2v) is 19.1. The van der Waals surface area contributed by atoms with Crippen molar-refractivity contribution in [3.05, 3.63) is 247 Å². The third-order valence-corrected chi connectivity index (χ3v) is 12.5. The fraction of sp³-hybridized carbons (Fsp3) is 0.273. The zero-order chi connectivity index (χ0) is 51.3. The third kappa shape index (κ3) is 12.7. The maximum Gasteiger partial charge on any atom is 0.133 e. The molecule has 0 saturated heterocycles. The second-order valence-electron chi connectivity index (χ2n) is 19.1. The Morgan fingerprint density at radius 2 is 0.333 bits per heavy atom. The fourth-order valence-electron chi connectivity index (χ4n) is 10.1. The molecule has 6 aromatic rings. The van der Waals surface area contributed by atoms with Crippen molar-refractivity contribution in [3.8, 4) is 34.5 Å². The van der Waals surface area contributed by atoms with Crippen molar-refractivity contribution in [2.45, 2.75) is 122 Å². The lowest BCUT2D eigenvalue weighted by Crippen LogP contribution is -2.07. The zero-order valence-corrected chi connectivity index (χ0v) is 44.5. The second kappa shape index (κ2) is 24.6. The molecule has 0 fully saturated rings. The highest BCUT2D eigenvalue weighted by Crippen LogP contribution is 2.42. The van der Waals surface area contributed by atoms with Gasteiger partial charge in [0.15, 0.2) is 0 Å². The Morgan fingerprint density at radius 1 is 0.222 bits per heavy atom. The van der Waals surface area contributed by atoms with Gasteiger partial charge in [-0.2, -0.15) is 0 Å². The fourth-order valence-corrected chi connectivity index (χ4v) is 10.1. The Bertz CT molecular complexity index is 2420. The Labute approximate surface area is 429 Å². The molecule has 0 N–H and O–H groups in total. The summed E-state index contributed by atoms with van der Waals surface area (Å²) in [6.07, 6.45) is 25.7. The van der Waals surface area contributed by atoms with E-state index in [9.17, 15) is 0 Å². The standard InChI is InChI=1S/C66H72O6/c1-13-19-67-61-49-25-43(7)26-50(61)38-52-28-45(9)30-54(63(52)69-21-15-3)40-56-32-47(11)34-58(65(56)71-23-17-5)42-60-36-48(12)35-59(66(60)72-24-18-6)41-57-33-46(10)31-55(64(57)70-22-16-4)39-53-29-44(8)27-51(37-49)62(53)68-20-14-2/h13-36H,37-42H2,1-12H3/b19-13-,20-14+,21-15+,22-16+,23-17?,24-18?. The van der Waals surface area contributed by atoms with E-state index < -0.39 is 0 Å². The van der Waals surface area contributed by atoms with E-state index in [0.717, 1.165) is 135 Å². The average molecular weight is 961 g/mol. The van der Waals surface area contributed by atoms with Gasteiger partial charge >= 0.3 is 0 Å². The number of aryl methyl sites for hydroxylation is 6. The van der Waals surface area contributed by atoms with Crippen LogP contribution in [0.15, 0.2) is 147 Å². The van der Waals surface area contributed by atoms with Crippen LogP contribution in [0.25, 0.3) is 0 Å². The number of allylic oxidation sites excluding steroid dienone is 6. The first-order chi connectivity index (χ1) is 34.9. The van der Waals surface area contributed by atoms with E-state index in [1.165, 1.54) is 0 Å². The molecule has 0 heterocycles. The number of fused-ring (bicyclic) bond motifs is 12. The summed E-state index contributed by atoms with van der Waals surface area (Å²) in [4.78, 5) is 0. The molecule has 6 heteroatoms. The normalized spacial score (nSPS) is 13.2. The number of rotatable bonds is 12. The van der Waals surface area contributed by atoms with Gasteiger partial charge < -0.3 is 28.4 Å². The topological polar surface area (TPSA) is 55.4 Å². The third-order valence-electron chi connectivity index (χ3n) is 12.5. The van der Waals surface area contributed by atoms with Crippen LogP contribution < -0.4 is 28.4 Å². The summed E-state index contributed by atoms with van der Waals surface area (Å²) >= 11 is 0. The molecule has 0 saturated carbocycles. The van der Waals surface area contributed by atoms with Crippen molar-refractivity contribution >= 4 is 0 Å². The Kier molecular flexibility index (Phi) is 17.9. The van der Waals surface area contributed by atoms with Gasteiger partial charge in [-0.3, -0.25) is 0 Å². The number of benzene rings is 6. The van der Waals surface area contributed by atoms with E-state index in [1.807, 2.05) is 78.0 Å². The molecule has 6 nitrogen and oxygen atoms in total. The van der Waals surface area contributed by atoms with E-state index in [1.54, 1.807) is 37.6 Å². The first-order valence-electron chi connectivity index (χ1n) is 25.3. The molecular formula is C66H72O6. The van der Waals surface area contributed by atoms with E-state index in [0.29, 0.717) is 38.5 Å². The van der Waals surface area contributed by atoms with E-state index in [-0.39, 0.29) is 0 Å². The van der Waals surface area contributed by atoms with Gasteiger partial charge in [0.05, 0.1) is 37.6 Å². The van der Waals surface area contributed by atoms with Gasteiger partial charge in [-0.15, -0.1) is 0 Å². The number of ether oxygens (including phenoxy) is 6. The van der Waals surface area contributed by atoms with Crippen molar-refractivity contribution in [2.75, 3.05) is 0 Å². The summed E-state index contributed by atoms with van der Waals surface area (Å²) in [5.74, 6) is 4.92. The largest absolute Gasteiger partial charge is 0.465 e. The molecule has 0 radical (unpaired) electrons. The molecule has 372 valence electrons. The minimum Gasteiger partial charge on any atom is -0.465 e. The van der Waals surface area contributed by atoms with Crippen molar-refractivity contribution in [1.82, 2.24) is 0 Å². The van der Waals surface area contributed by atoms with Gasteiger partial charge in [-0.25, -0.2) is 0 Å². The molecule has 72 heavy (non-hydrogen) atoms. The maximum atomic E-state index is 6.68. The van der Waals surface area contributed by atoms with Gasteiger partial charge in [-0.1, -0.05) is 143 Å². The van der Waals surface area contributed by atoms with Crippen molar-refractivity contribution in [1.29, 1.82) is 0 Å². The molecule has 0 unspecified atom stereocenters. The zero-order valence-electron chi connectivity index (χ0n) is 44.5. The molecule has 7 rings (SSSR count). The summed E-state index contributed by atoms with van der Waals surface area (Å²) in [6.45, 7) is 24.8. The van der Waals surface area contributed by atoms with Crippen molar-refractivity contribution in [3.63, 3.8) is 0 Å². The van der Waals surface area contributed by atoms with Gasteiger partial charge in [0, 0.05) is 38.5 Å². The molecule has 0 atom stereocenters. The molecule has 6 aromatic carbocycles. The molecule has 0 spiro atoms. The first-order valence-corrected chi connectivity index (χ1v) is 25.3. The predicted molar refractivity (Wildman–Crippen MR) is 297 cm³/mol. The van der Waals surface area contributed by atoms with Crippen LogP contribution in [0.5, 0.6) is 34.5 Å². The van der Waals surface area contributed by atoms with Crippen molar-refractivity contribution in [2.24, 2.45) is 0 Å². The van der Waals surface area contributed by atoms with Crippen LogP contribution in [0.2, 0.25) is 0 Å². The number of hydrogen-bond acceptors (Lipinski definition) is 6. The summed E-state index contributed by atoms with van der Waals surface area (Å²) < 4.78 is 40.1. The Morgan fingerprint density at radius 3 is 0.431 bits per heavy atom. The van der Waals surface area contributed by atoms with Crippen molar-refractivity contribution < 1.29 is 28.4 Å². The van der Waals surface area contributed by atoms with Crippen LogP contribution >= 0.6 is 0 Å². The average Bonchev–Trinajstić information content (AvgIpc) is 3.32. The van der Waals surface area contributed by atoms with Crippen LogP contribution in [-0.4, -0.2) is 0 Å². The summed E-state index contributed by atoms with van der Waals surface area (Å²) in [7, 11) is 0. The minimum absolute atomic E-state index is 0.570. The van der Waals surface area contributed by atoms with Gasteiger partial charge in [0.1, 0.15) is 34.5 Å². The highest BCUT2D eigenvalue weighted by atomic mass is 16.5. The molecule has 1 aliphatic carbocycles. The van der Waals surface area contributed by atoms with Crippen LogP contribution in [0.4, 0.5) is 0 Å². The molecule has 1 aliphatic rings. The molecular weight excluding hydrogens is 889 g/mol. The van der Waals surface area contributed by atoms with E-state index >= 15 is 0 Å². The monoisotopic (exact) mass is 961 g/mol. The van der Waals surface area contributed by atoms with Gasteiger partial charge in [0.25, 0.3) is 0 Å². The smallest absolute Gasteiger partial charge is 0.133 e. The SMILES string of the molecule is CC=COc1c2cc(C)cc1Cc1cc(C)cc(c1O/C=C/C)Cc1cc(C)cc(c1O/C=C\C)Cc1cc(C)cc(c1O/C=C/C)Cc1cc(C)cc(c1O/C=C/C)Cc1cc(C)cc(c1OC=CC)C2. The quantitative estimate of drug-likeness (QED) is 0.114. The van der Waals surface area contributed by atoms with E-state index in [2.05, 4.69) is 114 Å². The van der Waals surface area contributed by atoms with Gasteiger partial charge in [0.2, 0.25) is 0 Å². The summed E-state index contributed by atoms with van der Waals surface area (Å²) in [5, 5.41) is 0. The summed E-state index contributed by atoms with van der Waals surface area (Å²) in [5.41, 5.74) is 19.5. The lowest BCUT2D eigenvalue weighted by Gasteiger charge is -2.22. The Hall–Kier alpha value is -7.44. The molecule has 12 bridgehead atoms. The first kappa shape index (κ1) is 52.4. The minimum atomic E-state index is 0.570. The lowest BCUT2D eigenvalue weighted by atomic mass is 9.88. The molecule has 0 amide bonds. The van der Waals surface area contributed by atoms with Gasteiger partial charge in [-0.05, 0) is 150 Å². The maximum absolute atomic E-state index is 6.68.